The van der Waals surface area contributed by atoms with Gasteiger partial charge in [-0.25, -0.2) is 0 Å². The molecule has 0 bridgehead atoms. The summed E-state index contributed by atoms with van der Waals surface area (Å²) in [5.41, 5.74) is 6.55. The lowest BCUT2D eigenvalue weighted by atomic mass is 10.1. The van der Waals surface area contributed by atoms with Crippen LogP contribution in [0.25, 0.3) is 0 Å². The number of ether oxygens (including phenoxy) is 2. The minimum absolute atomic E-state index is 0.227. The largest absolute Gasteiger partial charge is 0.493 e. The monoisotopic (exact) mass is 279 g/mol. The Labute approximate surface area is 116 Å². The zero-order chi connectivity index (χ0) is 14.5. The summed E-state index contributed by atoms with van der Waals surface area (Å²) >= 11 is 0. The van der Waals surface area contributed by atoms with Crippen molar-refractivity contribution in [1.82, 2.24) is 10.1 Å². The molecule has 7 heteroatoms. The predicted octanol–water partition coefficient (Wildman–Crippen LogP) is 0.670. The van der Waals surface area contributed by atoms with Crippen molar-refractivity contribution in [3.05, 3.63) is 35.5 Å². The molecule has 108 valence electrons. The Morgan fingerprint density at radius 3 is 2.70 bits per heavy atom. The van der Waals surface area contributed by atoms with Crippen LogP contribution in [-0.2, 0) is 6.42 Å². The number of aliphatic hydroxyl groups excluding tert-OH is 1. The lowest BCUT2D eigenvalue weighted by Gasteiger charge is -2.08. The lowest BCUT2D eigenvalue weighted by molar-refractivity contribution is 0.259. The Morgan fingerprint density at radius 1 is 1.30 bits per heavy atom. The van der Waals surface area contributed by atoms with E-state index in [1.54, 1.807) is 14.2 Å². The van der Waals surface area contributed by atoms with Gasteiger partial charge in [0.25, 0.3) is 0 Å². The lowest BCUT2D eigenvalue weighted by Crippen LogP contribution is -2.16. The number of nitrogens with zero attached hydrogens (tertiary/aromatic N) is 2. The van der Waals surface area contributed by atoms with E-state index >= 15 is 0 Å². The van der Waals surface area contributed by atoms with Crippen LogP contribution in [0.3, 0.4) is 0 Å². The van der Waals surface area contributed by atoms with Gasteiger partial charge in [-0.3, -0.25) is 0 Å². The van der Waals surface area contributed by atoms with Crippen LogP contribution >= 0.6 is 0 Å². The third-order valence-corrected chi connectivity index (χ3v) is 2.82. The molecule has 0 saturated heterocycles. The van der Waals surface area contributed by atoms with Crippen LogP contribution < -0.4 is 15.2 Å². The van der Waals surface area contributed by atoms with Gasteiger partial charge >= 0.3 is 0 Å². The van der Waals surface area contributed by atoms with Gasteiger partial charge in [0.1, 0.15) is 0 Å². The second-order valence-corrected chi connectivity index (χ2v) is 4.20. The van der Waals surface area contributed by atoms with Crippen molar-refractivity contribution in [2.75, 3.05) is 20.8 Å². The second-order valence-electron chi connectivity index (χ2n) is 4.20. The molecular weight excluding hydrogens is 262 g/mol. The van der Waals surface area contributed by atoms with Crippen LogP contribution in [0.2, 0.25) is 0 Å². The summed E-state index contributed by atoms with van der Waals surface area (Å²) in [6.45, 7) is -0.227. The van der Waals surface area contributed by atoms with E-state index in [9.17, 15) is 0 Å². The highest BCUT2D eigenvalue weighted by Crippen LogP contribution is 2.28. The quantitative estimate of drug-likeness (QED) is 0.800. The number of methoxy groups -OCH3 is 2. The minimum atomic E-state index is -0.627. The van der Waals surface area contributed by atoms with Gasteiger partial charge in [-0.1, -0.05) is 11.2 Å². The third-order valence-electron chi connectivity index (χ3n) is 2.82. The van der Waals surface area contributed by atoms with E-state index in [2.05, 4.69) is 10.1 Å². The maximum Gasteiger partial charge on any atom is 0.231 e. The number of nitrogens with two attached hydrogens (primary N) is 1. The van der Waals surface area contributed by atoms with E-state index in [0.717, 1.165) is 5.56 Å². The Bertz CT molecular complexity index is 570. The van der Waals surface area contributed by atoms with Crippen molar-refractivity contribution >= 4 is 0 Å². The molecule has 1 aromatic carbocycles. The van der Waals surface area contributed by atoms with Crippen molar-refractivity contribution in [1.29, 1.82) is 0 Å². The van der Waals surface area contributed by atoms with E-state index in [4.69, 9.17) is 24.8 Å². The topological polar surface area (TPSA) is 104 Å². The third kappa shape index (κ3) is 3.06. The van der Waals surface area contributed by atoms with Crippen molar-refractivity contribution in [3.63, 3.8) is 0 Å². The molecule has 0 radical (unpaired) electrons. The summed E-state index contributed by atoms with van der Waals surface area (Å²) < 4.78 is 15.5. The normalized spacial score (nSPS) is 12.2. The highest BCUT2D eigenvalue weighted by molar-refractivity contribution is 5.43. The summed E-state index contributed by atoms with van der Waals surface area (Å²) in [5.74, 6) is 2.01. The highest BCUT2D eigenvalue weighted by Gasteiger charge is 2.14. The fourth-order valence-electron chi connectivity index (χ4n) is 1.74. The molecule has 7 nitrogen and oxygen atoms in total. The Balaban J connectivity index is 2.15. The Morgan fingerprint density at radius 2 is 2.05 bits per heavy atom. The van der Waals surface area contributed by atoms with E-state index in [1.165, 1.54) is 0 Å². The smallest absolute Gasteiger partial charge is 0.231 e. The maximum atomic E-state index is 8.94. The molecule has 1 unspecified atom stereocenters. The van der Waals surface area contributed by atoms with Gasteiger partial charge in [0.05, 0.1) is 33.3 Å². The second kappa shape index (κ2) is 6.36. The predicted molar refractivity (Wildman–Crippen MR) is 70.7 cm³/mol. The van der Waals surface area contributed by atoms with Crippen molar-refractivity contribution in [3.8, 4) is 11.5 Å². The van der Waals surface area contributed by atoms with Crippen LogP contribution in [0.4, 0.5) is 0 Å². The molecule has 1 heterocycles. The number of rotatable bonds is 6. The van der Waals surface area contributed by atoms with Gasteiger partial charge in [-0.2, -0.15) is 4.98 Å². The standard InChI is InChI=1S/C13H17N3O4/c1-18-10-4-3-8(5-11(10)19-2)6-12-15-13(16-20-12)9(14)7-17/h3-5,9,17H,6-7,14H2,1-2H3. The molecule has 0 aliphatic carbocycles. The molecule has 0 aliphatic heterocycles. The SMILES string of the molecule is COc1ccc(Cc2nc(C(N)CO)no2)cc1OC. The first-order valence-corrected chi connectivity index (χ1v) is 6.07. The summed E-state index contributed by atoms with van der Waals surface area (Å²) in [6, 6.07) is 4.91. The molecule has 1 aromatic heterocycles. The van der Waals surface area contributed by atoms with E-state index in [-0.39, 0.29) is 6.61 Å². The molecule has 0 saturated carbocycles. The first-order valence-electron chi connectivity index (χ1n) is 6.07. The molecule has 2 aromatic rings. The van der Waals surface area contributed by atoms with Gasteiger partial charge < -0.3 is 24.8 Å². The van der Waals surface area contributed by atoms with Crippen molar-refractivity contribution in [2.45, 2.75) is 12.5 Å². The molecule has 2 rings (SSSR count). The van der Waals surface area contributed by atoms with Crippen LogP contribution in [-0.4, -0.2) is 36.1 Å². The highest BCUT2D eigenvalue weighted by atomic mass is 16.5. The van der Waals surface area contributed by atoms with Crippen LogP contribution in [0.15, 0.2) is 22.7 Å². The summed E-state index contributed by atoms with van der Waals surface area (Å²) in [4.78, 5) is 4.14. The van der Waals surface area contributed by atoms with E-state index in [1.807, 2.05) is 18.2 Å². The van der Waals surface area contributed by atoms with E-state index in [0.29, 0.717) is 29.6 Å². The van der Waals surface area contributed by atoms with Crippen molar-refractivity contribution in [2.24, 2.45) is 5.73 Å². The van der Waals surface area contributed by atoms with Gasteiger partial charge in [0, 0.05) is 0 Å². The van der Waals surface area contributed by atoms with Crippen LogP contribution in [0.1, 0.15) is 23.3 Å². The Kier molecular flexibility index (Phi) is 4.54. The van der Waals surface area contributed by atoms with Crippen LogP contribution in [0, 0.1) is 0 Å². The minimum Gasteiger partial charge on any atom is -0.493 e. The fourth-order valence-corrected chi connectivity index (χ4v) is 1.74. The number of hydrogen-bond donors (Lipinski definition) is 2. The average Bonchev–Trinajstić information content (AvgIpc) is 2.94. The number of benzene rings is 1. The Hall–Kier alpha value is -2.12. The first-order chi connectivity index (χ1) is 9.67. The maximum absolute atomic E-state index is 8.94. The molecule has 0 amide bonds. The van der Waals surface area contributed by atoms with E-state index < -0.39 is 6.04 Å². The zero-order valence-electron chi connectivity index (χ0n) is 11.4. The van der Waals surface area contributed by atoms with Gasteiger partial charge in [0.15, 0.2) is 17.3 Å². The summed E-state index contributed by atoms with van der Waals surface area (Å²) in [6.07, 6.45) is 0.450. The zero-order valence-corrected chi connectivity index (χ0v) is 11.4. The average molecular weight is 279 g/mol. The first kappa shape index (κ1) is 14.3. The number of hydrogen-bond acceptors (Lipinski definition) is 7. The van der Waals surface area contributed by atoms with Crippen molar-refractivity contribution < 1.29 is 19.1 Å². The summed E-state index contributed by atoms with van der Waals surface area (Å²) in [7, 11) is 3.16. The number of aromatic nitrogens is 2. The van der Waals surface area contributed by atoms with Gasteiger partial charge in [0.2, 0.25) is 5.89 Å². The number of aliphatic hydroxyl groups is 1. The summed E-state index contributed by atoms with van der Waals surface area (Å²) in [5, 5.41) is 12.7. The molecule has 20 heavy (non-hydrogen) atoms. The molecule has 1 atom stereocenters. The van der Waals surface area contributed by atoms with Gasteiger partial charge in [-0.15, -0.1) is 0 Å². The molecule has 3 N–H and O–H groups in total. The molecule has 0 fully saturated rings. The van der Waals surface area contributed by atoms with Gasteiger partial charge in [-0.05, 0) is 17.7 Å². The molecular formula is C13H17N3O4. The molecule has 0 aliphatic rings. The molecule has 0 spiro atoms. The van der Waals surface area contributed by atoms with Crippen LogP contribution in [0.5, 0.6) is 11.5 Å². The fraction of sp³-hybridized carbons (Fsp3) is 0.385.